The minimum Gasteiger partial charge on any atom is -0.355 e. The summed E-state index contributed by atoms with van der Waals surface area (Å²) in [6, 6.07) is 4.29. The number of likely N-dealkylation sites (N-methyl/N-ethyl adjacent to an activating group) is 1. The van der Waals surface area contributed by atoms with Crippen LogP contribution < -0.4 is 10.2 Å². The van der Waals surface area contributed by atoms with E-state index in [4.69, 9.17) is 0 Å². The van der Waals surface area contributed by atoms with Gasteiger partial charge in [0, 0.05) is 32.4 Å². The third-order valence-electron chi connectivity index (χ3n) is 3.02. The van der Waals surface area contributed by atoms with Crippen molar-refractivity contribution in [3.8, 4) is 0 Å². The van der Waals surface area contributed by atoms with E-state index in [0.29, 0.717) is 0 Å². The second kappa shape index (κ2) is 8.88. The van der Waals surface area contributed by atoms with Crippen molar-refractivity contribution in [3.63, 3.8) is 0 Å². The number of nitrogens with one attached hydrogen (secondary N) is 1. The van der Waals surface area contributed by atoms with Gasteiger partial charge in [0.25, 0.3) is 0 Å². The molecule has 1 rings (SSSR count). The molecule has 0 aromatic carbocycles. The van der Waals surface area contributed by atoms with E-state index in [-0.39, 0.29) is 0 Å². The van der Waals surface area contributed by atoms with Crippen LogP contribution >= 0.6 is 0 Å². The molecule has 0 saturated heterocycles. The molecule has 0 atom stereocenters. The Bertz CT molecular complexity index is 352. The van der Waals surface area contributed by atoms with Gasteiger partial charge < -0.3 is 15.1 Å². The molecule has 0 aliphatic rings. The summed E-state index contributed by atoms with van der Waals surface area (Å²) in [6.45, 7) is 9.40. The van der Waals surface area contributed by atoms with Gasteiger partial charge >= 0.3 is 0 Å². The summed E-state index contributed by atoms with van der Waals surface area (Å²) >= 11 is 0. The van der Waals surface area contributed by atoms with Gasteiger partial charge in [0.2, 0.25) is 0 Å². The molecule has 1 N–H and O–H groups in total. The van der Waals surface area contributed by atoms with Gasteiger partial charge in [-0.15, -0.1) is 0 Å². The molecular formula is C15H28N4. The standard InChI is InChI=1S/C15H28N4/c1-5-9-19(11-10-18(3)4)15-12-14(7-8-17-15)13-16-6-2/h7-8,12,16H,5-6,9-11,13H2,1-4H3. The highest BCUT2D eigenvalue weighted by molar-refractivity contribution is 5.41. The molecule has 19 heavy (non-hydrogen) atoms. The maximum atomic E-state index is 4.52. The van der Waals surface area contributed by atoms with Gasteiger partial charge in [0.1, 0.15) is 5.82 Å². The molecule has 4 nitrogen and oxygen atoms in total. The van der Waals surface area contributed by atoms with E-state index in [0.717, 1.165) is 45.0 Å². The van der Waals surface area contributed by atoms with Crippen LogP contribution in [0.5, 0.6) is 0 Å². The molecule has 1 aromatic rings. The predicted molar refractivity (Wildman–Crippen MR) is 82.7 cm³/mol. The lowest BCUT2D eigenvalue weighted by Crippen LogP contribution is -2.33. The Kier molecular flexibility index (Phi) is 7.45. The highest BCUT2D eigenvalue weighted by atomic mass is 15.2. The van der Waals surface area contributed by atoms with Crippen molar-refractivity contribution in [1.29, 1.82) is 0 Å². The zero-order chi connectivity index (χ0) is 14.1. The SMILES string of the molecule is CCCN(CCN(C)C)c1cc(CNCC)ccn1. The van der Waals surface area contributed by atoms with E-state index >= 15 is 0 Å². The number of aromatic nitrogens is 1. The van der Waals surface area contributed by atoms with Crippen LogP contribution in [0.2, 0.25) is 0 Å². The van der Waals surface area contributed by atoms with Crippen molar-refractivity contribution in [3.05, 3.63) is 23.9 Å². The van der Waals surface area contributed by atoms with Gasteiger partial charge in [-0.05, 0) is 44.8 Å². The third-order valence-corrected chi connectivity index (χ3v) is 3.02. The van der Waals surface area contributed by atoms with Crippen LogP contribution in [0.1, 0.15) is 25.8 Å². The van der Waals surface area contributed by atoms with Gasteiger partial charge in [0.15, 0.2) is 0 Å². The first kappa shape index (κ1) is 15.9. The Morgan fingerprint density at radius 1 is 1.16 bits per heavy atom. The van der Waals surface area contributed by atoms with Gasteiger partial charge in [-0.25, -0.2) is 4.98 Å². The van der Waals surface area contributed by atoms with Crippen molar-refractivity contribution in [2.24, 2.45) is 0 Å². The Hall–Kier alpha value is -1.13. The minimum atomic E-state index is 0.916. The number of pyridine rings is 1. The van der Waals surface area contributed by atoms with Crippen LogP contribution in [-0.2, 0) is 6.54 Å². The lowest BCUT2D eigenvalue weighted by molar-refractivity contribution is 0.412. The van der Waals surface area contributed by atoms with Crippen molar-refractivity contribution in [1.82, 2.24) is 15.2 Å². The topological polar surface area (TPSA) is 31.4 Å². The largest absolute Gasteiger partial charge is 0.355 e. The third kappa shape index (κ3) is 6.03. The highest BCUT2D eigenvalue weighted by Gasteiger charge is 2.08. The zero-order valence-corrected chi connectivity index (χ0v) is 12.8. The quantitative estimate of drug-likeness (QED) is 0.739. The Balaban J connectivity index is 2.71. The average Bonchev–Trinajstić information content (AvgIpc) is 2.41. The normalized spacial score (nSPS) is 11.0. The monoisotopic (exact) mass is 264 g/mol. The minimum absolute atomic E-state index is 0.916. The summed E-state index contributed by atoms with van der Waals surface area (Å²) in [5.41, 5.74) is 1.30. The van der Waals surface area contributed by atoms with E-state index in [1.165, 1.54) is 5.56 Å². The summed E-state index contributed by atoms with van der Waals surface area (Å²) in [5.74, 6) is 1.10. The van der Waals surface area contributed by atoms with Crippen molar-refractivity contribution >= 4 is 5.82 Å². The van der Waals surface area contributed by atoms with Crippen molar-refractivity contribution < 1.29 is 0 Å². The fourth-order valence-corrected chi connectivity index (χ4v) is 1.94. The second-order valence-electron chi connectivity index (χ2n) is 5.09. The van der Waals surface area contributed by atoms with Crippen molar-refractivity contribution in [2.45, 2.75) is 26.8 Å². The molecule has 0 bridgehead atoms. The van der Waals surface area contributed by atoms with E-state index in [1.54, 1.807) is 0 Å². The molecule has 0 saturated carbocycles. The number of nitrogens with zero attached hydrogens (tertiary/aromatic N) is 3. The van der Waals surface area contributed by atoms with Crippen LogP contribution in [0, 0.1) is 0 Å². The van der Waals surface area contributed by atoms with Gasteiger partial charge in [-0.3, -0.25) is 0 Å². The first-order valence-corrected chi connectivity index (χ1v) is 7.22. The molecule has 1 heterocycles. The molecule has 0 fully saturated rings. The van der Waals surface area contributed by atoms with E-state index < -0.39 is 0 Å². The van der Waals surface area contributed by atoms with Crippen LogP contribution in [-0.4, -0.2) is 50.2 Å². The number of rotatable bonds is 9. The van der Waals surface area contributed by atoms with Crippen LogP contribution in [0.4, 0.5) is 5.82 Å². The van der Waals surface area contributed by atoms with Gasteiger partial charge in [-0.2, -0.15) is 0 Å². The fourth-order valence-electron chi connectivity index (χ4n) is 1.94. The molecule has 4 heteroatoms. The van der Waals surface area contributed by atoms with Gasteiger partial charge in [0.05, 0.1) is 0 Å². The highest BCUT2D eigenvalue weighted by Crippen LogP contribution is 2.13. The number of anilines is 1. The maximum absolute atomic E-state index is 4.52. The van der Waals surface area contributed by atoms with Crippen LogP contribution in [0.3, 0.4) is 0 Å². The molecule has 0 amide bonds. The molecule has 0 spiro atoms. The number of hydrogen-bond acceptors (Lipinski definition) is 4. The molecule has 0 radical (unpaired) electrons. The predicted octanol–water partition coefficient (Wildman–Crippen LogP) is 1.97. The summed E-state index contributed by atoms with van der Waals surface area (Å²) < 4.78 is 0. The summed E-state index contributed by atoms with van der Waals surface area (Å²) in [6.07, 6.45) is 3.06. The lowest BCUT2D eigenvalue weighted by atomic mass is 10.2. The first-order valence-electron chi connectivity index (χ1n) is 7.22. The summed E-state index contributed by atoms with van der Waals surface area (Å²) in [5, 5.41) is 3.36. The first-order chi connectivity index (χ1) is 9.17. The lowest BCUT2D eigenvalue weighted by Gasteiger charge is -2.25. The molecule has 0 aliphatic carbocycles. The average molecular weight is 264 g/mol. The molecule has 0 aliphatic heterocycles. The van der Waals surface area contributed by atoms with Crippen LogP contribution in [0.25, 0.3) is 0 Å². The maximum Gasteiger partial charge on any atom is 0.128 e. The summed E-state index contributed by atoms with van der Waals surface area (Å²) in [4.78, 5) is 9.11. The van der Waals surface area contributed by atoms with Crippen molar-refractivity contribution in [2.75, 3.05) is 45.2 Å². The van der Waals surface area contributed by atoms with E-state index in [9.17, 15) is 0 Å². The smallest absolute Gasteiger partial charge is 0.128 e. The Morgan fingerprint density at radius 3 is 2.58 bits per heavy atom. The molecule has 0 unspecified atom stereocenters. The molecule has 1 aromatic heterocycles. The Labute approximate surface area is 117 Å². The fraction of sp³-hybridized carbons (Fsp3) is 0.667. The van der Waals surface area contributed by atoms with Gasteiger partial charge in [-0.1, -0.05) is 13.8 Å². The van der Waals surface area contributed by atoms with E-state index in [1.807, 2.05) is 6.20 Å². The summed E-state index contributed by atoms with van der Waals surface area (Å²) in [7, 11) is 4.22. The molecular weight excluding hydrogens is 236 g/mol. The van der Waals surface area contributed by atoms with E-state index in [2.05, 4.69) is 60.2 Å². The second-order valence-corrected chi connectivity index (χ2v) is 5.09. The Morgan fingerprint density at radius 2 is 1.95 bits per heavy atom. The molecule has 108 valence electrons. The zero-order valence-electron chi connectivity index (χ0n) is 12.8. The van der Waals surface area contributed by atoms with Crippen LogP contribution in [0.15, 0.2) is 18.3 Å². The number of hydrogen-bond donors (Lipinski definition) is 1.